The minimum atomic E-state index is -4.55. The van der Waals surface area contributed by atoms with Crippen LogP contribution in [0.2, 0.25) is 0 Å². The topological polar surface area (TPSA) is 81.1 Å². The summed E-state index contributed by atoms with van der Waals surface area (Å²) in [6.45, 7) is -0.687. The van der Waals surface area contributed by atoms with Gasteiger partial charge in [0.25, 0.3) is 0 Å². The molecule has 1 aliphatic heterocycles. The van der Waals surface area contributed by atoms with Crippen LogP contribution in [0.1, 0.15) is 19.8 Å². The Kier molecular flexibility index (Phi) is 5.43. The molecule has 0 aromatic heterocycles. The Labute approximate surface area is 120 Å². The van der Waals surface area contributed by atoms with E-state index in [1.807, 2.05) is 0 Å². The molecule has 6 nitrogen and oxygen atoms in total. The molecule has 0 spiro atoms. The Morgan fingerprint density at radius 1 is 1.29 bits per heavy atom. The van der Waals surface area contributed by atoms with Crippen molar-refractivity contribution < 1.29 is 33.0 Å². The number of hydrogen-bond donors (Lipinski definition) is 2. The van der Waals surface area contributed by atoms with Crippen LogP contribution in [-0.2, 0) is 4.79 Å². The van der Waals surface area contributed by atoms with Crippen LogP contribution in [0.5, 0.6) is 0 Å². The highest BCUT2D eigenvalue weighted by Gasteiger charge is 2.40. The normalized spacial score (nSPS) is 18.4. The number of alkyl halides is 3. The first-order valence-corrected chi connectivity index (χ1v) is 6.54. The zero-order valence-corrected chi connectivity index (χ0v) is 11.7. The van der Waals surface area contributed by atoms with Gasteiger partial charge in [0.2, 0.25) is 0 Å². The van der Waals surface area contributed by atoms with E-state index in [4.69, 9.17) is 10.2 Å². The molecule has 9 heteroatoms. The number of piperidine rings is 1. The van der Waals surface area contributed by atoms with E-state index in [1.54, 1.807) is 6.92 Å². The summed E-state index contributed by atoms with van der Waals surface area (Å²) in [5.41, 5.74) is -0.956. The Morgan fingerprint density at radius 3 is 2.19 bits per heavy atom. The maximum Gasteiger partial charge on any atom is 0.406 e. The Balaban J connectivity index is 2.67. The lowest BCUT2D eigenvalue weighted by Gasteiger charge is -2.38. The lowest BCUT2D eigenvalue weighted by atomic mass is 9.80. The third kappa shape index (κ3) is 4.76. The molecule has 122 valence electrons. The first-order chi connectivity index (χ1) is 9.59. The molecule has 1 saturated heterocycles. The van der Waals surface area contributed by atoms with Crippen LogP contribution >= 0.6 is 0 Å². The first-order valence-electron chi connectivity index (χ1n) is 6.54. The van der Waals surface area contributed by atoms with Gasteiger partial charge in [-0.25, -0.2) is 4.79 Å². The molecule has 0 aliphatic carbocycles. The van der Waals surface area contributed by atoms with Gasteiger partial charge in [-0.1, -0.05) is 0 Å². The van der Waals surface area contributed by atoms with Crippen molar-refractivity contribution >= 4 is 12.0 Å². The quantitative estimate of drug-likeness (QED) is 0.816. The summed E-state index contributed by atoms with van der Waals surface area (Å²) in [5.74, 6) is -0.975. The van der Waals surface area contributed by atoms with Crippen LogP contribution in [0.15, 0.2) is 0 Å². The molecule has 21 heavy (non-hydrogen) atoms. The number of hydrogen-bond acceptors (Lipinski definition) is 3. The maximum atomic E-state index is 12.4. The van der Waals surface area contributed by atoms with Crippen molar-refractivity contribution in [3.05, 3.63) is 0 Å². The molecule has 0 saturated carbocycles. The molecule has 0 bridgehead atoms. The van der Waals surface area contributed by atoms with Crippen LogP contribution in [0.25, 0.3) is 0 Å². The number of carboxylic acid groups (broad SMARTS) is 1. The number of urea groups is 1. The molecule has 0 unspecified atom stereocenters. The Hall–Kier alpha value is -1.51. The number of carbonyl (C=O) groups excluding carboxylic acids is 1. The van der Waals surface area contributed by atoms with Gasteiger partial charge in [-0.15, -0.1) is 0 Å². The van der Waals surface area contributed by atoms with Crippen LogP contribution in [0.3, 0.4) is 0 Å². The number of amides is 2. The maximum absolute atomic E-state index is 12.4. The van der Waals surface area contributed by atoms with E-state index in [1.165, 1.54) is 4.90 Å². The summed E-state index contributed by atoms with van der Waals surface area (Å²) in [6.07, 6.45) is -4.17. The van der Waals surface area contributed by atoms with Gasteiger partial charge in [0, 0.05) is 19.6 Å². The van der Waals surface area contributed by atoms with E-state index in [-0.39, 0.29) is 25.9 Å². The number of aliphatic hydroxyl groups is 1. The zero-order valence-electron chi connectivity index (χ0n) is 11.7. The summed E-state index contributed by atoms with van der Waals surface area (Å²) in [7, 11) is 0. The average molecular weight is 312 g/mol. The molecule has 0 aromatic rings. The summed E-state index contributed by atoms with van der Waals surface area (Å²) in [6, 6.07) is -0.825. The van der Waals surface area contributed by atoms with Crippen molar-refractivity contribution in [2.45, 2.75) is 25.9 Å². The molecule has 1 heterocycles. The summed E-state index contributed by atoms with van der Waals surface area (Å²) in [5, 5.41) is 17.9. The predicted octanol–water partition coefficient (Wildman–Crippen LogP) is 1.15. The second-order valence-electron chi connectivity index (χ2n) is 5.40. The van der Waals surface area contributed by atoms with Gasteiger partial charge >= 0.3 is 18.2 Å². The molecule has 1 aliphatic rings. The first kappa shape index (κ1) is 17.5. The second kappa shape index (κ2) is 6.50. The lowest BCUT2D eigenvalue weighted by molar-refractivity contribution is -0.150. The largest absolute Gasteiger partial charge is 0.481 e. The van der Waals surface area contributed by atoms with Gasteiger partial charge in [-0.05, 0) is 19.8 Å². The number of aliphatic carboxylic acids is 1. The number of nitrogens with zero attached hydrogens (tertiary/aromatic N) is 2. The average Bonchev–Trinajstić information content (AvgIpc) is 2.36. The van der Waals surface area contributed by atoms with Crippen LogP contribution in [-0.4, -0.2) is 71.0 Å². The predicted molar refractivity (Wildman–Crippen MR) is 66.7 cm³/mol. The summed E-state index contributed by atoms with van der Waals surface area (Å²) >= 11 is 0. The molecule has 1 fully saturated rings. The van der Waals surface area contributed by atoms with E-state index < -0.39 is 43.3 Å². The van der Waals surface area contributed by atoms with Gasteiger partial charge in [-0.2, -0.15) is 13.2 Å². The number of rotatable bonds is 4. The van der Waals surface area contributed by atoms with Gasteiger partial charge in [0.1, 0.15) is 6.54 Å². The molecule has 2 N–H and O–H groups in total. The van der Waals surface area contributed by atoms with Crippen molar-refractivity contribution in [1.29, 1.82) is 0 Å². The molecule has 2 amide bonds. The highest BCUT2D eigenvalue weighted by atomic mass is 19.4. The fourth-order valence-electron chi connectivity index (χ4n) is 2.18. The van der Waals surface area contributed by atoms with Crippen LogP contribution < -0.4 is 0 Å². The number of carbonyl (C=O) groups is 2. The van der Waals surface area contributed by atoms with Gasteiger partial charge in [0.05, 0.1) is 12.0 Å². The molecule has 0 aromatic carbocycles. The molecular weight excluding hydrogens is 293 g/mol. The highest BCUT2D eigenvalue weighted by molar-refractivity contribution is 5.77. The number of halogens is 3. The lowest BCUT2D eigenvalue weighted by Crippen LogP contribution is -2.52. The standard InChI is InChI=1S/C12H19F3N2O4/c1-11(9(19)20)2-4-16(5-3-11)10(21)17(6-7-18)8-12(13,14)15/h18H,2-8H2,1H3,(H,19,20). The smallest absolute Gasteiger partial charge is 0.406 e. The fraction of sp³-hybridized carbons (Fsp3) is 0.833. The van der Waals surface area contributed by atoms with Crippen LogP contribution in [0, 0.1) is 5.41 Å². The number of aliphatic hydroxyl groups excluding tert-OH is 1. The van der Waals surface area contributed by atoms with Crippen molar-refractivity contribution in [3.63, 3.8) is 0 Å². The van der Waals surface area contributed by atoms with E-state index in [2.05, 4.69) is 0 Å². The number of likely N-dealkylation sites (tertiary alicyclic amines) is 1. The molecule has 1 rings (SSSR count). The van der Waals surface area contributed by atoms with Crippen molar-refractivity contribution in [1.82, 2.24) is 9.80 Å². The SMILES string of the molecule is CC1(C(=O)O)CCN(C(=O)N(CCO)CC(F)(F)F)CC1. The summed E-state index contributed by atoms with van der Waals surface area (Å²) in [4.78, 5) is 24.9. The van der Waals surface area contributed by atoms with E-state index in [0.717, 1.165) is 0 Å². The highest BCUT2D eigenvalue weighted by Crippen LogP contribution is 2.31. The third-order valence-corrected chi connectivity index (χ3v) is 3.66. The van der Waals surface area contributed by atoms with E-state index in [9.17, 15) is 22.8 Å². The second-order valence-corrected chi connectivity index (χ2v) is 5.40. The Morgan fingerprint density at radius 2 is 1.81 bits per heavy atom. The van der Waals surface area contributed by atoms with E-state index in [0.29, 0.717) is 4.90 Å². The zero-order chi connectivity index (χ0) is 16.3. The van der Waals surface area contributed by atoms with Crippen molar-refractivity contribution in [3.8, 4) is 0 Å². The van der Waals surface area contributed by atoms with Gasteiger partial charge in [0.15, 0.2) is 0 Å². The van der Waals surface area contributed by atoms with E-state index >= 15 is 0 Å². The third-order valence-electron chi connectivity index (χ3n) is 3.66. The minimum Gasteiger partial charge on any atom is -0.481 e. The molecular formula is C12H19F3N2O4. The molecule has 0 radical (unpaired) electrons. The summed E-state index contributed by atoms with van der Waals surface area (Å²) < 4.78 is 37.2. The molecule has 0 atom stereocenters. The minimum absolute atomic E-state index is 0.0847. The number of carboxylic acids is 1. The Bertz CT molecular complexity index is 392. The van der Waals surface area contributed by atoms with Crippen molar-refractivity contribution in [2.75, 3.05) is 32.8 Å². The van der Waals surface area contributed by atoms with Crippen molar-refractivity contribution in [2.24, 2.45) is 5.41 Å². The van der Waals surface area contributed by atoms with Crippen LogP contribution in [0.4, 0.5) is 18.0 Å². The van der Waals surface area contributed by atoms with Gasteiger partial charge < -0.3 is 20.0 Å². The van der Waals surface area contributed by atoms with Gasteiger partial charge in [-0.3, -0.25) is 4.79 Å². The fourth-order valence-corrected chi connectivity index (χ4v) is 2.18. The monoisotopic (exact) mass is 312 g/mol.